The fourth-order valence-electron chi connectivity index (χ4n) is 3.14. The van der Waals surface area contributed by atoms with Crippen LogP contribution in [0.5, 0.6) is 0 Å². The maximum absolute atomic E-state index is 13.0. The molecular formula is C18H17Cl2NO4S. The molecule has 1 aliphatic rings. The van der Waals surface area contributed by atoms with Gasteiger partial charge in [0.25, 0.3) is 0 Å². The van der Waals surface area contributed by atoms with Crippen LogP contribution in [0.4, 0.5) is 0 Å². The van der Waals surface area contributed by atoms with E-state index in [1.54, 1.807) is 18.2 Å². The minimum absolute atomic E-state index is 0. The van der Waals surface area contributed by atoms with Crippen LogP contribution < -0.4 is 5.32 Å². The molecule has 4 rings (SSSR count). The van der Waals surface area contributed by atoms with Gasteiger partial charge in [0.2, 0.25) is 9.84 Å². The molecular weight excluding hydrogens is 397 g/mol. The number of furan rings is 1. The smallest absolute Gasteiger partial charge is 0.206 e. The summed E-state index contributed by atoms with van der Waals surface area (Å²) in [4.78, 5) is 0.249. The van der Waals surface area contributed by atoms with E-state index in [9.17, 15) is 13.5 Å². The normalized spacial score (nSPS) is 14.1. The lowest BCUT2D eigenvalue weighted by Crippen LogP contribution is -2.22. The molecule has 1 aliphatic heterocycles. The Bertz CT molecular complexity index is 1080. The number of aliphatic hydroxyl groups excluding tert-OH is 1. The van der Waals surface area contributed by atoms with Crippen LogP contribution in [0.15, 0.2) is 50.6 Å². The topological polar surface area (TPSA) is 79.5 Å². The second-order valence-electron chi connectivity index (χ2n) is 6.02. The molecule has 0 aliphatic carbocycles. The van der Waals surface area contributed by atoms with Crippen molar-refractivity contribution in [2.75, 3.05) is 6.54 Å². The molecule has 2 heterocycles. The zero-order chi connectivity index (χ0) is 17.6. The first kappa shape index (κ1) is 19.2. The first-order valence-corrected chi connectivity index (χ1v) is 9.76. The molecule has 8 heteroatoms. The molecule has 0 amide bonds. The first-order chi connectivity index (χ1) is 12.0. The van der Waals surface area contributed by atoms with Gasteiger partial charge in [0, 0.05) is 30.5 Å². The van der Waals surface area contributed by atoms with E-state index < -0.39 is 9.84 Å². The Morgan fingerprint density at radius 1 is 1.19 bits per heavy atom. The summed E-state index contributed by atoms with van der Waals surface area (Å²) in [5.74, 6) is 0.854. The van der Waals surface area contributed by atoms with Crippen LogP contribution in [0.1, 0.15) is 16.9 Å². The number of rotatable bonds is 3. The summed E-state index contributed by atoms with van der Waals surface area (Å²) in [5.41, 5.74) is 2.03. The second kappa shape index (κ2) is 7.21. The van der Waals surface area contributed by atoms with Gasteiger partial charge in [-0.1, -0.05) is 23.7 Å². The predicted molar refractivity (Wildman–Crippen MR) is 102 cm³/mol. The Labute approximate surface area is 162 Å². The van der Waals surface area contributed by atoms with Crippen LogP contribution in [-0.2, 0) is 29.4 Å². The average Bonchev–Trinajstić information content (AvgIpc) is 3.01. The number of benzene rings is 2. The van der Waals surface area contributed by atoms with Crippen LogP contribution in [0.25, 0.3) is 11.0 Å². The molecule has 1 aromatic heterocycles. The highest BCUT2D eigenvalue weighted by molar-refractivity contribution is 7.91. The Hall–Kier alpha value is -1.57. The van der Waals surface area contributed by atoms with Gasteiger partial charge in [0.05, 0.1) is 21.4 Å². The number of aliphatic hydroxyl groups is 1. The Morgan fingerprint density at radius 3 is 2.77 bits per heavy atom. The third kappa shape index (κ3) is 3.12. The first-order valence-electron chi connectivity index (χ1n) is 7.90. The summed E-state index contributed by atoms with van der Waals surface area (Å²) >= 11 is 6.32. The van der Waals surface area contributed by atoms with Crippen molar-refractivity contribution in [3.05, 3.63) is 58.3 Å². The van der Waals surface area contributed by atoms with E-state index in [0.29, 0.717) is 17.7 Å². The molecule has 5 nitrogen and oxygen atoms in total. The highest BCUT2D eigenvalue weighted by atomic mass is 35.5. The quantitative estimate of drug-likeness (QED) is 0.686. The summed E-state index contributed by atoms with van der Waals surface area (Å²) in [7, 11) is -3.75. The summed E-state index contributed by atoms with van der Waals surface area (Å²) in [6, 6.07) is 9.32. The van der Waals surface area contributed by atoms with E-state index in [4.69, 9.17) is 16.0 Å². The van der Waals surface area contributed by atoms with Gasteiger partial charge in [-0.25, -0.2) is 8.42 Å². The molecule has 138 valence electrons. The van der Waals surface area contributed by atoms with Gasteiger partial charge in [0.1, 0.15) is 5.76 Å². The van der Waals surface area contributed by atoms with Crippen molar-refractivity contribution in [1.82, 2.24) is 5.32 Å². The van der Waals surface area contributed by atoms with Crippen LogP contribution in [0.2, 0.25) is 5.02 Å². The molecule has 3 aromatic rings. The lowest BCUT2D eigenvalue weighted by Gasteiger charge is -2.11. The minimum atomic E-state index is -3.75. The van der Waals surface area contributed by atoms with E-state index in [1.165, 1.54) is 18.2 Å². The Kier molecular flexibility index (Phi) is 5.33. The van der Waals surface area contributed by atoms with Gasteiger partial charge in [-0.2, -0.15) is 0 Å². The van der Waals surface area contributed by atoms with Gasteiger partial charge in [0.15, 0.2) is 5.58 Å². The monoisotopic (exact) mass is 413 g/mol. The maximum Gasteiger partial charge on any atom is 0.206 e. The third-order valence-electron chi connectivity index (χ3n) is 4.44. The van der Waals surface area contributed by atoms with E-state index in [1.807, 2.05) is 0 Å². The number of fused-ring (bicyclic) bond motifs is 3. The van der Waals surface area contributed by atoms with Crippen molar-refractivity contribution in [1.29, 1.82) is 0 Å². The molecule has 0 saturated heterocycles. The molecule has 0 spiro atoms. The van der Waals surface area contributed by atoms with E-state index in [0.717, 1.165) is 29.7 Å². The van der Waals surface area contributed by atoms with Crippen LogP contribution in [0, 0.1) is 0 Å². The Balaban J connectivity index is 0.00000196. The fourth-order valence-corrected chi connectivity index (χ4v) is 4.85. The van der Waals surface area contributed by atoms with Crippen molar-refractivity contribution in [2.24, 2.45) is 0 Å². The highest BCUT2D eigenvalue weighted by Crippen LogP contribution is 2.36. The summed E-state index contributed by atoms with van der Waals surface area (Å²) < 4.78 is 31.8. The maximum atomic E-state index is 13.0. The van der Waals surface area contributed by atoms with Gasteiger partial charge in [-0.05, 0) is 29.8 Å². The second-order valence-corrected chi connectivity index (χ2v) is 8.38. The summed E-state index contributed by atoms with van der Waals surface area (Å²) in [6.07, 6.45) is 0.751. The highest BCUT2D eigenvalue weighted by Gasteiger charge is 2.24. The minimum Gasteiger partial charge on any atom is -0.459 e. The van der Waals surface area contributed by atoms with Gasteiger partial charge in [-0.15, -0.1) is 12.4 Å². The van der Waals surface area contributed by atoms with Crippen molar-refractivity contribution in [2.45, 2.75) is 29.4 Å². The summed E-state index contributed by atoms with van der Waals surface area (Å²) in [5, 5.41) is 13.5. The number of hydrogen-bond acceptors (Lipinski definition) is 5. The number of sulfone groups is 1. The van der Waals surface area contributed by atoms with Crippen LogP contribution >= 0.6 is 24.0 Å². The van der Waals surface area contributed by atoms with Crippen LogP contribution in [-0.4, -0.2) is 20.1 Å². The Morgan fingerprint density at radius 2 is 2.00 bits per heavy atom. The van der Waals surface area contributed by atoms with Crippen molar-refractivity contribution >= 4 is 44.8 Å². The number of halogens is 2. The number of hydrogen-bond donors (Lipinski definition) is 2. The molecule has 0 radical (unpaired) electrons. The average molecular weight is 414 g/mol. The zero-order valence-electron chi connectivity index (χ0n) is 13.7. The third-order valence-corrected chi connectivity index (χ3v) is 6.45. The molecule has 0 atom stereocenters. The van der Waals surface area contributed by atoms with Gasteiger partial charge < -0.3 is 14.8 Å². The molecule has 2 N–H and O–H groups in total. The molecule has 0 saturated carbocycles. The van der Waals surface area contributed by atoms with Crippen molar-refractivity contribution < 1.29 is 17.9 Å². The number of nitrogens with one attached hydrogen (secondary N) is 1. The standard InChI is InChI=1S/C18H16ClNO4S.ClH/c19-16-8-13(25(22,23)12-3-1-2-11(6-12)10-21)7-14-15-9-20-5-4-17(15)24-18(14)16;/h1-3,6-8,20-21H,4-5,9-10H2;1H. The molecule has 26 heavy (non-hydrogen) atoms. The van der Waals surface area contributed by atoms with Gasteiger partial charge in [-0.3, -0.25) is 0 Å². The van der Waals surface area contributed by atoms with Crippen molar-refractivity contribution in [3.63, 3.8) is 0 Å². The molecule has 0 fully saturated rings. The van der Waals surface area contributed by atoms with Gasteiger partial charge >= 0.3 is 0 Å². The lowest BCUT2D eigenvalue weighted by molar-refractivity contribution is 0.281. The lowest BCUT2D eigenvalue weighted by atomic mass is 10.1. The predicted octanol–water partition coefficient (Wildman–Crippen LogP) is 3.48. The van der Waals surface area contributed by atoms with Crippen molar-refractivity contribution in [3.8, 4) is 0 Å². The molecule has 0 bridgehead atoms. The largest absolute Gasteiger partial charge is 0.459 e. The summed E-state index contributed by atoms with van der Waals surface area (Å²) in [6.45, 7) is 1.23. The molecule has 2 aromatic carbocycles. The molecule has 0 unspecified atom stereocenters. The zero-order valence-corrected chi connectivity index (χ0v) is 16.0. The fraction of sp³-hybridized carbons (Fsp3) is 0.222. The SMILES string of the molecule is Cl.O=S(=O)(c1cccc(CO)c1)c1cc(Cl)c2oc3c(c2c1)CNCC3. The van der Waals surface area contributed by atoms with E-state index >= 15 is 0 Å². The van der Waals surface area contributed by atoms with E-state index in [-0.39, 0.29) is 33.8 Å². The van der Waals surface area contributed by atoms with E-state index in [2.05, 4.69) is 5.32 Å². The van der Waals surface area contributed by atoms with Crippen LogP contribution in [0.3, 0.4) is 0 Å².